The van der Waals surface area contributed by atoms with Gasteiger partial charge in [-0.3, -0.25) is 0 Å². The molecule has 0 saturated heterocycles. The van der Waals surface area contributed by atoms with Gasteiger partial charge in [-0.05, 0) is 11.6 Å². The van der Waals surface area contributed by atoms with E-state index in [4.69, 9.17) is 5.73 Å². The van der Waals surface area contributed by atoms with Crippen LogP contribution in [-0.4, -0.2) is 30.8 Å². The molecule has 0 spiro atoms. The minimum Gasteiger partial charge on any atom is -0.361 e. The van der Waals surface area contributed by atoms with E-state index in [0.29, 0.717) is 6.54 Å². The normalized spacial score (nSPS) is 9.75. The van der Waals surface area contributed by atoms with Gasteiger partial charge in [-0.15, -0.1) is 0 Å². The Kier molecular flexibility index (Phi) is 3.23. The van der Waals surface area contributed by atoms with Crippen LogP contribution in [0.15, 0.2) is 30.5 Å². The van der Waals surface area contributed by atoms with Crippen molar-refractivity contribution in [3.05, 3.63) is 36.0 Å². The summed E-state index contributed by atoms with van der Waals surface area (Å²) in [6, 6.07) is 8.16. The molecule has 0 bridgehead atoms. The summed E-state index contributed by atoms with van der Waals surface area (Å²) in [4.78, 5) is 3.16. The maximum atomic E-state index is 5.54. The van der Waals surface area contributed by atoms with Crippen LogP contribution in [0.5, 0.6) is 0 Å². The van der Waals surface area contributed by atoms with Crippen molar-refractivity contribution in [3.63, 3.8) is 0 Å². The van der Waals surface area contributed by atoms with Crippen LogP contribution in [-0.2, 0) is 6.54 Å². The third-order valence-electron chi connectivity index (χ3n) is 1.89. The Morgan fingerprint density at radius 3 is 2.75 bits per heavy atom. The summed E-state index contributed by atoms with van der Waals surface area (Å²) in [6.45, 7) is 0.601. The number of hydrogen-bond acceptors (Lipinski definition) is 1. The molecule has 12 heavy (non-hydrogen) atoms. The molecule has 2 nitrogen and oxygen atoms in total. The van der Waals surface area contributed by atoms with Gasteiger partial charge in [0.15, 0.2) is 0 Å². The zero-order chi connectivity index (χ0) is 7.68. The van der Waals surface area contributed by atoms with Crippen molar-refractivity contribution in [2.45, 2.75) is 6.54 Å². The van der Waals surface area contributed by atoms with Crippen molar-refractivity contribution in [2.75, 3.05) is 0 Å². The number of rotatable bonds is 1. The third kappa shape index (κ3) is 1.52. The zero-order valence-corrected chi connectivity index (χ0v) is 10.0. The number of aromatic amines is 1. The molecule has 0 atom stereocenters. The first-order valence-corrected chi connectivity index (χ1v) is 3.67. The van der Waals surface area contributed by atoms with Gasteiger partial charge in [0.05, 0.1) is 0 Å². The number of para-hydroxylation sites is 1. The van der Waals surface area contributed by atoms with Crippen LogP contribution < -0.4 is 5.73 Å². The number of nitrogens with two attached hydrogens (primary N) is 1. The van der Waals surface area contributed by atoms with E-state index in [1.54, 1.807) is 0 Å². The van der Waals surface area contributed by atoms with Gasteiger partial charge in [0.2, 0.25) is 0 Å². The average Bonchev–Trinajstić information content (AvgIpc) is 2.47. The molecule has 1 heterocycles. The Labute approximate surface area is 89.9 Å². The van der Waals surface area contributed by atoms with Crippen LogP contribution in [0.4, 0.5) is 0 Å². The first-order chi connectivity index (χ1) is 5.42. The molecular weight excluding hydrogens is 251 g/mol. The second kappa shape index (κ2) is 4.01. The largest absolute Gasteiger partial charge is 0.361 e. The number of aromatic nitrogens is 1. The summed E-state index contributed by atoms with van der Waals surface area (Å²) in [5.41, 5.74) is 7.88. The van der Waals surface area contributed by atoms with Crippen molar-refractivity contribution < 1.29 is 0 Å². The van der Waals surface area contributed by atoms with Crippen LogP contribution in [0, 0.1) is 0 Å². The van der Waals surface area contributed by atoms with Gasteiger partial charge in [-0.2, -0.15) is 0 Å². The van der Waals surface area contributed by atoms with Crippen LogP contribution in [0.2, 0.25) is 0 Å². The Morgan fingerprint density at radius 2 is 2.00 bits per heavy atom. The summed E-state index contributed by atoms with van der Waals surface area (Å²) in [5.74, 6) is 0. The van der Waals surface area contributed by atoms with E-state index in [0.717, 1.165) is 5.52 Å². The predicted octanol–water partition coefficient (Wildman–Crippen LogP) is 1.25. The molecule has 59 valence electrons. The monoisotopic (exact) mass is 261 g/mol. The number of H-pyrrole nitrogens is 1. The Balaban J connectivity index is 0.000000720. The topological polar surface area (TPSA) is 41.8 Å². The number of benzene rings is 1. The van der Waals surface area contributed by atoms with Gasteiger partial charge < -0.3 is 10.7 Å². The van der Waals surface area contributed by atoms with Crippen molar-refractivity contribution in [1.29, 1.82) is 0 Å². The Hall–Kier alpha value is -0.410. The van der Waals surface area contributed by atoms with E-state index in [1.807, 2.05) is 18.3 Å². The van der Waals surface area contributed by atoms with Crippen molar-refractivity contribution >= 4 is 36.7 Å². The molecule has 2 aromatic rings. The van der Waals surface area contributed by atoms with E-state index in [2.05, 4.69) is 17.1 Å². The molecule has 2 rings (SSSR count). The molecular formula is C9H10InN2. The van der Waals surface area contributed by atoms with E-state index in [-0.39, 0.29) is 25.8 Å². The molecule has 0 unspecified atom stereocenters. The van der Waals surface area contributed by atoms with Crippen LogP contribution in [0.1, 0.15) is 5.56 Å². The fraction of sp³-hybridized carbons (Fsp3) is 0.111. The molecule has 3 N–H and O–H groups in total. The molecule has 3 heteroatoms. The number of hydrogen-bond donors (Lipinski definition) is 2. The quantitative estimate of drug-likeness (QED) is 0.796. The first kappa shape index (κ1) is 9.68. The Bertz CT molecular complexity index is 367. The summed E-state index contributed by atoms with van der Waals surface area (Å²) in [7, 11) is 0. The maximum absolute atomic E-state index is 5.54. The average molecular weight is 261 g/mol. The van der Waals surface area contributed by atoms with E-state index < -0.39 is 0 Å². The van der Waals surface area contributed by atoms with Gasteiger partial charge in [-0.25, -0.2) is 0 Å². The molecule has 0 aliphatic rings. The first-order valence-electron chi connectivity index (χ1n) is 3.67. The van der Waals surface area contributed by atoms with Crippen LogP contribution >= 0.6 is 0 Å². The van der Waals surface area contributed by atoms with E-state index in [1.165, 1.54) is 10.9 Å². The SMILES string of the molecule is NCc1c[nH]c2ccccc12.[In]. The molecule has 1 aromatic heterocycles. The second-order valence-electron chi connectivity index (χ2n) is 2.56. The number of fused-ring (bicyclic) bond motifs is 1. The molecule has 0 fully saturated rings. The zero-order valence-electron chi connectivity index (χ0n) is 6.75. The Morgan fingerprint density at radius 1 is 1.25 bits per heavy atom. The van der Waals surface area contributed by atoms with Crippen molar-refractivity contribution in [1.82, 2.24) is 4.98 Å². The minimum absolute atomic E-state index is 0. The molecule has 0 aliphatic carbocycles. The second-order valence-corrected chi connectivity index (χ2v) is 2.56. The van der Waals surface area contributed by atoms with Gasteiger partial charge in [0.1, 0.15) is 0 Å². The van der Waals surface area contributed by atoms with Crippen molar-refractivity contribution in [3.8, 4) is 0 Å². The van der Waals surface area contributed by atoms with Gasteiger partial charge >= 0.3 is 0 Å². The number of nitrogens with one attached hydrogen (secondary N) is 1. The summed E-state index contributed by atoms with van der Waals surface area (Å²) in [5, 5.41) is 1.23. The molecule has 0 saturated carbocycles. The molecule has 0 aliphatic heterocycles. The van der Waals surface area contributed by atoms with E-state index >= 15 is 0 Å². The molecule has 1 aromatic carbocycles. The summed E-state index contributed by atoms with van der Waals surface area (Å²) >= 11 is 0. The maximum Gasteiger partial charge on any atom is 0.0457 e. The standard InChI is InChI=1S/C9H10N2.In/c10-5-7-6-11-9-4-2-1-3-8(7)9;/h1-4,6,11H,5,10H2;. The van der Waals surface area contributed by atoms with Crippen LogP contribution in [0.25, 0.3) is 10.9 Å². The molecule has 3 radical (unpaired) electrons. The van der Waals surface area contributed by atoms with Gasteiger partial charge in [0, 0.05) is 49.5 Å². The third-order valence-corrected chi connectivity index (χ3v) is 1.89. The summed E-state index contributed by atoms with van der Waals surface area (Å²) in [6.07, 6.45) is 1.96. The van der Waals surface area contributed by atoms with Gasteiger partial charge in [0.25, 0.3) is 0 Å². The van der Waals surface area contributed by atoms with Crippen LogP contribution in [0.3, 0.4) is 0 Å². The predicted molar refractivity (Wildman–Crippen MR) is 51.9 cm³/mol. The summed E-state index contributed by atoms with van der Waals surface area (Å²) < 4.78 is 0. The fourth-order valence-electron chi connectivity index (χ4n) is 1.30. The smallest absolute Gasteiger partial charge is 0.0457 e. The van der Waals surface area contributed by atoms with Gasteiger partial charge in [-0.1, -0.05) is 18.2 Å². The van der Waals surface area contributed by atoms with E-state index in [9.17, 15) is 0 Å². The van der Waals surface area contributed by atoms with Crippen molar-refractivity contribution in [2.24, 2.45) is 5.73 Å². The fourth-order valence-corrected chi connectivity index (χ4v) is 1.30. The minimum atomic E-state index is 0. The molecule has 0 amide bonds.